The average Bonchev–Trinajstić information content (AvgIpc) is 3.06. The molecule has 0 aromatic heterocycles. The number of nitro benzene ring substituents is 1. The molecule has 0 fully saturated rings. The van der Waals surface area contributed by atoms with E-state index in [2.05, 4.69) is 0 Å². The highest BCUT2D eigenvalue weighted by atomic mass is 19.1. The third-order valence-corrected chi connectivity index (χ3v) is 3.49. The van der Waals surface area contributed by atoms with E-state index in [-0.39, 0.29) is 36.2 Å². The van der Waals surface area contributed by atoms with Gasteiger partial charge in [0.1, 0.15) is 12.2 Å². The SMILES string of the molecule is COc1ccc(COC(=O)c2cc3c(cc2[N+](=O)[O-])OCO3)cc1F. The van der Waals surface area contributed by atoms with Crippen LogP contribution in [0.2, 0.25) is 0 Å². The van der Waals surface area contributed by atoms with Gasteiger partial charge in [0.2, 0.25) is 6.79 Å². The summed E-state index contributed by atoms with van der Waals surface area (Å²) in [5.74, 6) is -1.08. The van der Waals surface area contributed by atoms with Gasteiger partial charge in [0, 0.05) is 6.07 Å². The highest BCUT2D eigenvalue weighted by molar-refractivity contribution is 5.95. The maximum Gasteiger partial charge on any atom is 0.345 e. The molecular formula is C16H12FNO7. The Bertz CT molecular complexity index is 853. The molecule has 2 aromatic carbocycles. The number of rotatable bonds is 5. The number of benzene rings is 2. The van der Waals surface area contributed by atoms with Gasteiger partial charge < -0.3 is 18.9 Å². The van der Waals surface area contributed by atoms with Crippen molar-refractivity contribution >= 4 is 11.7 Å². The molecule has 1 aliphatic rings. The monoisotopic (exact) mass is 349 g/mol. The predicted octanol–water partition coefficient (Wildman–Crippen LogP) is 2.83. The van der Waals surface area contributed by atoms with Gasteiger partial charge in [-0.1, -0.05) is 6.07 Å². The number of methoxy groups -OCH3 is 1. The summed E-state index contributed by atoms with van der Waals surface area (Å²) in [6.45, 7) is -0.346. The van der Waals surface area contributed by atoms with Crippen LogP contribution in [-0.2, 0) is 11.3 Å². The van der Waals surface area contributed by atoms with E-state index in [1.165, 1.54) is 25.3 Å². The number of halogens is 1. The van der Waals surface area contributed by atoms with Crippen molar-refractivity contribution in [1.82, 2.24) is 0 Å². The van der Waals surface area contributed by atoms with Gasteiger partial charge in [-0.2, -0.15) is 0 Å². The van der Waals surface area contributed by atoms with E-state index in [0.29, 0.717) is 5.56 Å². The molecule has 3 rings (SSSR count). The number of hydrogen-bond donors (Lipinski definition) is 0. The molecule has 0 spiro atoms. The Balaban J connectivity index is 1.79. The van der Waals surface area contributed by atoms with Gasteiger partial charge >= 0.3 is 5.97 Å². The molecule has 0 radical (unpaired) electrons. The van der Waals surface area contributed by atoms with Crippen LogP contribution < -0.4 is 14.2 Å². The van der Waals surface area contributed by atoms with E-state index in [9.17, 15) is 19.3 Å². The Hall–Kier alpha value is -3.36. The Morgan fingerprint density at radius 1 is 1.28 bits per heavy atom. The molecule has 0 unspecified atom stereocenters. The van der Waals surface area contributed by atoms with Crippen LogP contribution in [0.25, 0.3) is 0 Å². The number of fused-ring (bicyclic) bond motifs is 1. The molecule has 0 aliphatic carbocycles. The molecule has 0 saturated carbocycles. The minimum Gasteiger partial charge on any atom is -0.494 e. The van der Waals surface area contributed by atoms with Crippen LogP contribution in [-0.4, -0.2) is 24.8 Å². The van der Waals surface area contributed by atoms with Gasteiger partial charge in [-0.3, -0.25) is 10.1 Å². The highest BCUT2D eigenvalue weighted by Gasteiger charge is 2.28. The average molecular weight is 349 g/mol. The van der Waals surface area contributed by atoms with Crippen molar-refractivity contribution in [3.05, 3.63) is 57.4 Å². The van der Waals surface area contributed by atoms with Crippen LogP contribution in [0.15, 0.2) is 30.3 Å². The summed E-state index contributed by atoms with van der Waals surface area (Å²) in [6, 6.07) is 6.36. The molecule has 8 nitrogen and oxygen atoms in total. The minimum absolute atomic E-state index is 0.0569. The third-order valence-electron chi connectivity index (χ3n) is 3.49. The summed E-state index contributed by atoms with van der Waals surface area (Å²) >= 11 is 0. The lowest BCUT2D eigenvalue weighted by Gasteiger charge is -2.08. The fraction of sp³-hybridized carbons (Fsp3) is 0.188. The lowest BCUT2D eigenvalue weighted by molar-refractivity contribution is -0.385. The molecule has 0 amide bonds. The van der Waals surface area contributed by atoms with Crippen LogP contribution in [0.1, 0.15) is 15.9 Å². The quantitative estimate of drug-likeness (QED) is 0.465. The van der Waals surface area contributed by atoms with E-state index in [1.54, 1.807) is 0 Å². The normalized spacial score (nSPS) is 11.9. The summed E-state index contributed by atoms with van der Waals surface area (Å²) in [6.07, 6.45) is 0. The minimum atomic E-state index is -0.929. The van der Waals surface area contributed by atoms with Crippen molar-refractivity contribution in [3.63, 3.8) is 0 Å². The fourth-order valence-corrected chi connectivity index (χ4v) is 2.27. The Labute approximate surface area is 140 Å². The molecule has 1 heterocycles. The summed E-state index contributed by atoms with van der Waals surface area (Å²) in [5, 5.41) is 11.2. The molecule has 2 aromatic rings. The van der Waals surface area contributed by atoms with Gasteiger partial charge in [-0.15, -0.1) is 0 Å². The Kier molecular flexibility index (Phi) is 4.38. The smallest absolute Gasteiger partial charge is 0.345 e. The number of nitro groups is 1. The van der Waals surface area contributed by atoms with Crippen molar-refractivity contribution in [2.45, 2.75) is 6.61 Å². The van der Waals surface area contributed by atoms with Gasteiger partial charge in [0.05, 0.1) is 18.1 Å². The first-order chi connectivity index (χ1) is 12.0. The molecule has 1 aliphatic heterocycles. The lowest BCUT2D eigenvalue weighted by Crippen LogP contribution is -2.08. The molecule has 0 N–H and O–H groups in total. The zero-order valence-corrected chi connectivity index (χ0v) is 13.0. The number of carbonyl (C=O) groups is 1. The second kappa shape index (κ2) is 6.63. The molecule has 9 heteroatoms. The van der Waals surface area contributed by atoms with E-state index >= 15 is 0 Å². The molecule has 0 saturated heterocycles. The van der Waals surface area contributed by atoms with Gasteiger partial charge in [-0.05, 0) is 17.7 Å². The van der Waals surface area contributed by atoms with Crippen molar-refractivity contribution < 1.29 is 33.1 Å². The van der Waals surface area contributed by atoms with Crippen LogP contribution >= 0.6 is 0 Å². The standard InChI is InChI=1S/C16H12FNO7/c1-22-13-3-2-9(4-11(13)17)7-23-16(19)10-5-14-15(25-8-24-14)6-12(10)18(20)21/h2-6H,7-8H2,1H3. The van der Waals surface area contributed by atoms with Crippen LogP contribution in [0.3, 0.4) is 0 Å². The molecule has 0 atom stereocenters. The van der Waals surface area contributed by atoms with Crippen LogP contribution in [0.4, 0.5) is 10.1 Å². The number of ether oxygens (including phenoxy) is 4. The second-order valence-electron chi connectivity index (χ2n) is 5.02. The zero-order valence-electron chi connectivity index (χ0n) is 13.0. The van der Waals surface area contributed by atoms with Crippen molar-refractivity contribution in [2.24, 2.45) is 0 Å². The molecule has 130 valence electrons. The molecule has 0 bridgehead atoms. The van der Waals surface area contributed by atoms with E-state index < -0.39 is 22.4 Å². The van der Waals surface area contributed by atoms with Crippen molar-refractivity contribution in [3.8, 4) is 17.2 Å². The first kappa shape index (κ1) is 16.5. The second-order valence-corrected chi connectivity index (χ2v) is 5.02. The van der Waals surface area contributed by atoms with Gasteiger partial charge in [-0.25, -0.2) is 9.18 Å². The summed E-state index contributed by atoms with van der Waals surface area (Å²) in [7, 11) is 1.33. The number of nitrogens with zero attached hydrogens (tertiary/aromatic N) is 1. The zero-order chi connectivity index (χ0) is 18.0. The van der Waals surface area contributed by atoms with Crippen molar-refractivity contribution in [1.29, 1.82) is 0 Å². The van der Waals surface area contributed by atoms with Gasteiger partial charge in [0.25, 0.3) is 5.69 Å². The Morgan fingerprint density at radius 3 is 2.64 bits per heavy atom. The number of carbonyl (C=O) groups excluding carboxylic acids is 1. The summed E-state index contributed by atoms with van der Waals surface area (Å²) in [5.41, 5.74) is -0.367. The van der Waals surface area contributed by atoms with Crippen molar-refractivity contribution in [2.75, 3.05) is 13.9 Å². The topological polar surface area (TPSA) is 97.1 Å². The van der Waals surface area contributed by atoms with Crippen LogP contribution in [0, 0.1) is 15.9 Å². The maximum absolute atomic E-state index is 13.6. The Morgan fingerprint density at radius 2 is 2.00 bits per heavy atom. The summed E-state index contributed by atoms with van der Waals surface area (Å²) < 4.78 is 33.6. The fourth-order valence-electron chi connectivity index (χ4n) is 2.27. The first-order valence-corrected chi connectivity index (χ1v) is 7.07. The first-order valence-electron chi connectivity index (χ1n) is 7.07. The highest BCUT2D eigenvalue weighted by Crippen LogP contribution is 2.38. The van der Waals surface area contributed by atoms with Crippen LogP contribution in [0.5, 0.6) is 17.2 Å². The van der Waals surface area contributed by atoms with E-state index in [0.717, 1.165) is 12.1 Å². The van der Waals surface area contributed by atoms with E-state index in [1.807, 2.05) is 0 Å². The van der Waals surface area contributed by atoms with Gasteiger partial charge in [0.15, 0.2) is 23.1 Å². The predicted molar refractivity (Wildman–Crippen MR) is 81.3 cm³/mol. The number of hydrogen-bond acceptors (Lipinski definition) is 7. The summed E-state index contributed by atoms with van der Waals surface area (Å²) in [4.78, 5) is 22.6. The molecular weight excluding hydrogens is 337 g/mol. The number of esters is 1. The molecule has 25 heavy (non-hydrogen) atoms. The maximum atomic E-state index is 13.6. The van der Waals surface area contributed by atoms with E-state index in [4.69, 9.17) is 18.9 Å². The third kappa shape index (κ3) is 3.30. The lowest BCUT2D eigenvalue weighted by atomic mass is 10.1. The largest absolute Gasteiger partial charge is 0.494 e.